The molecule has 0 saturated carbocycles. The van der Waals surface area contributed by atoms with Crippen LogP contribution in [0.15, 0.2) is 47.4 Å². The van der Waals surface area contributed by atoms with Gasteiger partial charge in [0.1, 0.15) is 10.6 Å². The molecule has 8 heteroatoms. The van der Waals surface area contributed by atoms with Gasteiger partial charge in [0.2, 0.25) is 0 Å². The molecule has 0 aliphatic heterocycles. The van der Waals surface area contributed by atoms with Crippen molar-refractivity contribution in [1.82, 2.24) is 0 Å². The van der Waals surface area contributed by atoms with Crippen molar-refractivity contribution in [3.63, 3.8) is 0 Å². The van der Waals surface area contributed by atoms with Crippen LogP contribution in [0.5, 0.6) is 5.75 Å². The van der Waals surface area contributed by atoms with E-state index in [1.165, 1.54) is 25.3 Å². The number of ether oxygens (including phenoxy) is 1. The molecule has 1 N–H and O–H groups in total. The second-order valence-electron chi connectivity index (χ2n) is 4.24. The average Bonchev–Trinajstić information content (AvgIpc) is 2.47. The minimum atomic E-state index is -4.09. The van der Waals surface area contributed by atoms with Gasteiger partial charge in [-0.1, -0.05) is 29.8 Å². The number of para-hydroxylation sites is 2. The maximum absolute atomic E-state index is 12.4. The predicted octanol–water partition coefficient (Wildman–Crippen LogP) is 1.51. The number of hydrogen-bond donors (Lipinski definition) is 1. The van der Waals surface area contributed by atoms with E-state index < -0.39 is 16.0 Å². The normalized spacial score (nSPS) is 11.0. The molecule has 0 spiro atoms. The molecule has 6 nitrogen and oxygen atoms in total. The van der Waals surface area contributed by atoms with Crippen LogP contribution in [-0.4, -0.2) is 21.5 Å². The molecule has 0 saturated heterocycles. The van der Waals surface area contributed by atoms with E-state index in [2.05, 4.69) is 4.72 Å². The molecule has 0 heterocycles. The summed E-state index contributed by atoms with van der Waals surface area (Å²) in [5, 5.41) is 10.8. The highest BCUT2D eigenvalue weighted by atomic mass is 35.5. The lowest BCUT2D eigenvalue weighted by Crippen LogP contribution is -2.23. The number of aromatic carboxylic acids is 1. The van der Waals surface area contributed by atoms with Crippen molar-refractivity contribution in [2.75, 3.05) is 11.8 Å². The van der Waals surface area contributed by atoms with Crippen LogP contribution >= 0.6 is 11.6 Å². The van der Waals surface area contributed by atoms with E-state index in [0.717, 1.165) is 6.07 Å². The first kappa shape index (κ1) is 16.1. The summed E-state index contributed by atoms with van der Waals surface area (Å²) >= 11 is 5.86. The monoisotopic (exact) mass is 340 g/mol. The van der Waals surface area contributed by atoms with Crippen LogP contribution in [0.2, 0.25) is 5.02 Å². The average molecular weight is 341 g/mol. The standard InChI is InChI=1S/C14H12ClNO5S/c1-21-12-5-3-2-4-11(12)16-22(19,20)13-8-9(14(17)18)6-7-10(13)15/h2-8,16H,1H3,(H,17,18)/p-1. The Kier molecular flexibility index (Phi) is 4.58. The lowest BCUT2D eigenvalue weighted by atomic mass is 10.2. The van der Waals surface area contributed by atoms with Crippen LogP contribution in [0.25, 0.3) is 0 Å². The minimum absolute atomic E-state index is 0.104. The first-order valence-electron chi connectivity index (χ1n) is 6.02. The van der Waals surface area contributed by atoms with Crippen LogP contribution < -0.4 is 14.6 Å². The summed E-state index contributed by atoms with van der Waals surface area (Å²) in [6.45, 7) is 0. The number of hydrogen-bond acceptors (Lipinski definition) is 5. The van der Waals surface area contributed by atoms with Crippen LogP contribution in [0.3, 0.4) is 0 Å². The van der Waals surface area contributed by atoms with Gasteiger partial charge in [-0.25, -0.2) is 8.42 Å². The highest BCUT2D eigenvalue weighted by Gasteiger charge is 2.20. The first-order valence-corrected chi connectivity index (χ1v) is 7.88. The largest absolute Gasteiger partial charge is 0.545 e. The van der Waals surface area contributed by atoms with Gasteiger partial charge in [-0.05, 0) is 29.8 Å². The van der Waals surface area contributed by atoms with Crippen molar-refractivity contribution in [2.45, 2.75) is 4.90 Å². The summed E-state index contributed by atoms with van der Waals surface area (Å²) in [6.07, 6.45) is 0. The van der Waals surface area contributed by atoms with E-state index in [-0.39, 0.29) is 21.2 Å². The summed E-state index contributed by atoms with van der Waals surface area (Å²) in [5.74, 6) is -1.18. The highest BCUT2D eigenvalue weighted by Crippen LogP contribution is 2.29. The lowest BCUT2D eigenvalue weighted by molar-refractivity contribution is -0.255. The number of sulfonamides is 1. The highest BCUT2D eigenvalue weighted by molar-refractivity contribution is 7.92. The molecule has 2 rings (SSSR count). The number of rotatable bonds is 5. The Balaban J connectivity index is 2.47. The van der Waals surface area contributed by atoms with E-state index in [0.29, 0.717) is 5.75 Å². The van der Waals surface area contributed by atoms with Crippen molar-refractivity contribution in [3.8, 4) is 5.75 Å². The molecule has 2 aromatic rings. The van der Waals surface area contributed by atoms with E-state index in [1.54, 1.807) is 18.2 Å². The maximum atomic E-state index is 12.4. The molecule has 0 amide bonds. The zero-order valence-corrected chi connectivity index (χ0v) is 12.9. The lowest BCUT2D eigenvalue weighted by Gasteiger charge is -2.13. The van der Waals surface area contributed by atoms with Crippen LogP contribution in [0.4, 0.5) is 5.69 Å². The van der Waals surface area contributed by atoms with Crippen LogP contribution in [-0.2, 0) is 10.0 Å². The van der Waals surface area contributed by atoms with E-state index in [9.17, 15) is 18.3 Å². The third kappa shape index (κ3) is 3.32. The zero-order chi connectivity index (χ0) is 16.3. The quantitative estimate of drug-likeness (QED) is 0.890. The molecular formula is C14H11ClNO5S-. The van der Waals surface area contributed by atoms with E-state index >= 15 is 0 Å². The molecule has 2 aromatic carbocycles. The number of methoxy groups -OCH3 is 1. The van der Waals surface area contributed by atoms with Gasteiger partial charge in [-0.15, -0.1) is 0 Å². The van der Waals surface area contributed by atoms with Crippen molar-refractivity contribution >= 4 is 33.3 Å². The Labute approximate surface area is 132 Å². The molecule has 116 valence electrons. The topological polar surface area (TPSA) is 95.5 Å². The summed E-state index contributed by atoms with van der Waals surface area (Å²) in [6, 6.07) is 9.68. The number of carboxylic acids is 1. The second kappa shape index (κ2) is 6.25. The number of carboxylic acid groups (broad SMARTS) is 1. The van der Waals surface area contributed by atoms with Gasteiger partial charge in [0.25, 0.3) is 10.0 Å². The molecule has 0 fully saturated rings. The van der Waals surface area contributed by atoms with Crippen LogP contribution in [0.1, 0.15) is 10.4 Å². The SMILES string of the molecule is COc1ccccc1NS(=O)(=O)c1cc(C(=O)[O-])ccc1Cl. The molecule has 0 aromatic heterocycles. The van der Waals surface area contributed by atoms with Gasteiger partial charge in [0, 0.05) is 0 Å². The summed E-state index contributed by atoms with van der Waals surface area (Å²) in [5.41, 5.74) is -0.0790. The predicted molar refractivity (Wildman–Crippen MR) is 79.6 cm³/mol. The minimum Gasteiger partial charge on any atom is -0.545 e. The van der Waals surface area contributed by atoms with Crippen LogP contribution in [0, 0.1) is 0 Å². The third-order valence-corrected chi connectivity index (χ3v) is 4.65. The fourth-order valence-corrected chi connectivity index (χ4v) is 3.36. The van der Waals surface area contributed by atoms with E-state index in [1.807, 2.05) is 0 Å². The molecule has 0 radical (unpaired) electrons. The molecule has 0 atom stereocenters. The Bertz CT molecular complexity index is 820. The van der Waals surface area contributed by atoms with Crippen molar-refractivity contribution < 1.29 is 23.1 Å². The second-order valence-corrected chi connectivity index (χ2v) is 6.30. The van der Waals surface area contributed by atoms with Gasteiger partial charge in [0.05, 0.1) is 23.8 Å². The van der Waals surface area contributed by atoms with E-state index in [4.69, 9.17) is 16.3 Å². The number of anilines is 1. The number of carbonyl (C=O) groups excluding carboxylic acids is 1. The van der Waals surface area contributed by atoms with Gasteiger partial charge in [-0.2, -0.15) is 0 Å². The number of nitrogens with one attached hydrogen (secondary N) is 1. The summed E-state index contributed by atoms with van der Waals surface area (Å²) in [7, 11) is -2.69. The van der Waals surface area contributed by atoms with Gasteiger partial charge in [0.15, 0.2) is 0 Å². The number of carbonyl (C=O) groups is 1. The Morgan fingerprint density at radius 3 is 2.55 bits per heavy atom. The molecule has 0 unspecified atom stereocenters. The molecule has 22 heavy (non-hydrogen) atoms. The van der Waals surface area contributed by atoms with Gasteiger partial charge < -0.3 is 14.6 Å². The molecule has 0 aliphatic rings. The Hall–Kier alpha value is -2.25. The van der Waals surface area contributed by atoms with Crippen molar-refractivity contribution in [2.24, 2.45) is 0 Å². The Morgan fingerprint density at radius 1 is 1.23 bits per heavy atom. The van der Waals surface area contributed by atoms with Crippen molar-refractivity contribution in [3.05, 3.63) is 53.1 Å². The summed E-state index contributed by atoms with van der Waals surface area (Å²) < 4.78 is 32.2. The smallest absolute Gasteiger partial charge is 0.263 e. The Morgan fingerprint density at radius 2 is 1.91 bits per heavy atom. The zero-order valence-electron chi connectivity index (χ0n) is 11.4. The van der Waals surface area contributed by atoms with Gasteiger partial charge in [-0.3, -0.25) is 4.72 Å². The third-order valence-electron chi connectivity index (χ3n) is 2.81. The van der Waals surface area contributed by atoms with Gasteiger partial charge >= 0.3 is 0 Å². The fourth-order valence-electron chi connectivity index (χ4n) is 1.76. The molecular weight excluding hydrogens is 330 g/mol. The molecule has 0 aliphatic carbocycles. The maximum Gasteiger partial charge on any atom is 0.263 e. The summed E-state index contributed by atoms with van der Waals surface area (Å²) in [4.78, 5) is 10.5. The molecule has 0 bridgehead atoms. The van der Waals surface area contributed by atoms with Crippen molar-refractivity contribution in [1.29, 1.82) is 0 Å². The first-order chi connectivity index (χ1) is 10.3. The number of benzene rings is 2. The number of halogens is 1. The fraction of sp³-hybridized carbons (Fsp3) is 0.0714.